The average molecular weight is 234 g/mol. The first-order valence-corrected chi connectivity index (χ1v) is 5.59. The third kappa shape index (κ3) is 3.85. The first kappa shape index (κ1) is 11.9. The third-order valence-corrected chi connectivity index (χ3v) is 2.50. The average Bonchev–Trinajstić information content (AvgIpc) is 2.18. The molecule has 0 unspecified atom stereocenters. The van der Waals surface area contributed by atoms with Crippen LogP contribution in [0.2, 0.25) is 0 Å². The number of halogens is 1. The second-order valence-corrected chi connectivity index (χ2v) is 4.10. The summed E-state index contributed by atoms with van der Waals surface area (Å²) in [5, 5.41) is 0. The van der Waals surface area contributed by atoms with Gasteiger partial charge in [-0.05, 0) is 24.3 Å². The second kappa shape index (κ2) is 5.09. The molecule has 0 amide bonds. The highest BCUT2D eigenvalue weighted by molar-refractivity contribution is 7.86. The van der Waals surface area contributed by atoms with Crippen LogP contribution in [-0.2, 0) is 15.0 Å². The molecule has 0 saturated carbocycles. The summed E-state index contributed by atoms with van der Waals surface area (Å²) in [6.07, 6.45) is 0. The van der Waals surface area contributed by atoms with Crippen LogP contribution in [0.3, 0.4) is 0 Å². The normalized spacial score (nSPS) is 11.3. The van der Waals surface area contributed by atoms with E-state index in [0.717, 1.165) is 12.1 Å². The number of rotatable bonds is 5. The lowest BCUT2D eigenvalue weighted by molar-refractivity contribution is 0.146. The predicted molar refractivity (Wildman–Crippen MR) is 52.1 cm³/mol. The highest BCUT2D eigenvalue weighted by Gasteiger charge is 2.10. The molecule has 0 atom stereocenters. The van der Waals surface area contributed by atoms with E-state index in [1.165, 1.54) is 12.1 Å². The van der Waals surface area contributed by atoms with Gasteiger partial charge in [-0.1, -0.05) is 0 Å². The Balaban J connectivity index is 2.65. The molecule has 0 fully saturated rings. The van der Waals surface area contributed by atoms with E-state index in [9.17, 15) is 12.3 Å². The lowest BCUT2D eigenvalue weighted by atomic mass is 10.3. The van der Waals surface area contributed by atoms with Gasteiger partial charge in [0.05, 0.1) is 11.5 Å². The molecule has 0 spiro atoms. The maximum absolute atomic E-state index is 12.5. The van der Waals surface area contributed by atoms with E-state index in [1.54, 1.807) is 7.11 Å². The summed E-state index contributed by atoms with van der Waals surface area (Å²) < 4.78 is 43.4. The van der Waals surface area contributed by atoms with Gasteiger partial charge in [0.15, 0.2) is 0 Å². The molecule has 0 saturated heterocycles. The van der Waals surface area contributed by atoms with Gasteiger partial charge < -0.3 is 9.47 Å². The molecule has 0 N–H and O–H groups in total. The van der Waals surface area contributed by atoms with Crippen molar-refractivity contribution in [2.45, 2.75) is 4.90 Å². The van der Waals surface area contributed by atoms with Gasteiger partial charge in [0, 0.05) is 7.11 Å². The molecule has 1 aromatic carbocycles. The summed E-state index contributed by atoms with van der Waals surface area (Å²) in [5.74, 6) is 0.472. The van der Waals surface area contributed by atoms with Gasteiger partial charge in [0.25, 0.3) is 0 Å². The van der Waals surface area contributed by atoms with Crippen LogP contribution in [0.4, 0.5) is 3.89 Å². The maximum atomic E-state index is 12.5. The molecule has 1 aromatic rings. The van der Waals surface area contributed by atoms with Gasteiger partial charge in [-0.15, -0.1) is 3.89 Å². The number of methoxy groups -OCH3 is 1. The van der Waals surface area contributed by atoms with E-state index >= 15 is 0 Å². The van der Waals surface area contributed by atoms with E-state index < -0.39 is 10.2 Å². The molecule has 0 aliphatic rings. The van der Waals surface area contributed by atoms with Crippen molar-refractivity contribution in [2.24, 2.45) is 0 Å². The third-order valence-electron chi connectivity index (χ3n) is 1.66. The minimum absolute atomic E-state index is 0.359. The Morgan fingerprint density at radius 3 is 2.27 bits per heavy atom. The van der Waals surface area contributed by atoms with E-state index in [4.69, 9.17) is 9.47 Å². The lowest BCUT2D eigenvalue weighted by Crippen LogP contribution is -2.04. The Morgan fingerprint density at radius 1 is 1.20 bits per heavy atom. The lowest BCUT2D eigenvalue weighted by Gasteiger charge is -2.04. The number of ether oxygens (including phenoxy) is 2. The van der Waals surface area contributed by atoms with E-state index in [1.807, 2.05) is 0 Å². The van der Waals surface area contributed by atoms with Crippen LogP contribution in [-0.4, -0.2) is 28.7 Å². The SMILES string of the molecule is COCCOc1ccc(S(=O)(=O)F)cc1. The first-order valence-electron chi connectivity index (χ1n) is 4.20. The van der Waals surface area contributed by atoms with Crippen LogP contribution in [0.5, 0.6) is 5.75 Å². The monoisotopic (exact) mass is 234 g/mol. The van der Waals surface area contributed by atoms with Gasteiger partial charge in [-0.25, -0.2) is 0 Å². The van der Waals surface area contributed by atoms with E-state index in [-0.39, 0.29) is 4.90 Å². The maximum Gasteiger partial charge on any atom is 0.332 e. The minimum Gasteiger partial charge on any atom is -0.491 e. The van der Waals surface area contributed by atoms with Gasteiger partial charge in [-0.3, -0.25) is 0 Å². The van der Waals surface area contributed by atoms with Gasteiger partial charge in [-0.2, -0.15) is 8.42 Å². The van der Waals surface area contributed by atoms with Crippen LogP contribution < -0.4 is 4.74 Å². The zero-order chi connectivity index (χ0) is 11.3. The van der Waals surface area contributed by atoms with Crippen molar-refractivity contribution in [3.05, 3.63) is 24.3 Å². The largest absolute Gasteiger partial charge is 0.491 e. The molecule has 15 heavy (non-hydrogen) atoms. The zero-order valence-corrected chi connectivity index (χ0v) is 8.96. The van der Waals surface area contributed by atoms with Crippen LogP contribution in [0.25, 0.3) is 0 Å². The molecule has 0 aromatic heterocycles. The zero-order valence-electron chi connectivity index (χ0n) is 8.14. The molecule has 1 rings (SSSR count). The Morgan fingerprint density at radius 2 is 1.80 bits per heavy atom. The van der Waals surface area contributed by atoms with Crippen molar-refractivity contribution in [3.63, 3.8) is 0 Å². The van der Waals surface area contributed by atoms with Crippen molar-refractivity contribution in [1.82, 2.24) is 0 Å². The minimum atomic E-state index is -4.62. The summed E-state index contributed by atoms with van der Waals surface area (Å²) in [5.41, 5.74) is 0. The van der Waals surface area contributed by atoms with Crippen molar-refractivity contribution in [3.8, 4) is 5.75 Å². The molecule has 0 radical (unpaired) electrons. The molecule has 0 aliphatic heterocycles. The van der Waals surface area contributed by atoms with Crippen LogP contribution >= 0.6 is 0 Å². The number of hydrogen-bond donors (Lipinski definition) is 0. The quantitative estimate of drug-likeness (QED) is 0.570. The molecule has 84 valence electrons. The fourth-order valence-electron chi connectivity index (χ4n) is 0.941. The summed E-state index contributed by atoms with van der Waals surface area (Å²) in [6.45, 7) is 0.793. The summed E-state index contributed by atoms with van der Waals surface area (Å²) >= 11 is 0. The van der Waals surface area contributed by atoms with E-state index in [2.05, 4.69) is 0 Å². The molecule has 0 heterocycles. The Labute approximate surface area is 87.8 Å². The van der Waals surface area contributed by atoms with Crippen LogP contribution in [0.15, 0.2) is 29.2 Å². The molecule has 4 nitrogen and oxygen atoms in total. The first-order chi connectivity index (χ1) is 7.04. The standard InChI is InChI=1S/C9H11FO4S/c1-13-6-7-14-8-2-4-9(5-3-8)15(10,11)12/h2-5H,6-7H2,1H3. The molecule has 6 heteroatoms. The van der Waals surface area contributed by atoms with Gasteiger partial charge in [0.2, 0.25) is 0 Å². The molecular formula is C9H11FO4S. The summed E-state index contributed by atoms with van der Waals surface area (Å²) in [6, 6.07) is 5.08. The predicted octanol–water partition coefficient (Wildman–Crippen LogP) is 1.37. The van der Waals surface area contributed by atoms with Crippen molar-refractivity contribution < 1.29 is 21.8 Å². The fraction of sp³-hybridized carbons (Fsp3) is 0.333. The van der Waals surface area contributed by atoms with E-state index in [0.29, 0.717) is 19.0 Å². The summed E-state index contributed by atoms with van der Waals surface area (Å²) in [4.78, 5) is -0.374. The Bertz CT molecular complexity index is 399. The van der Waals surface area contributed by atoms with Crippen molar-refractivity contribution >= 4 is 10.2 Å². The highest BCUT2D eigenvalue weighted by atomic mass is 32.3. The number of hydrogen-bond acceptors (Lipinski definition) is 4. The van der Waals surface area contributed by atoms with Gasteiger partial charge >= 0.3 is 10.2 Å². The summed E-state index contributed by atoms with van der Waals surface area (Å²) in [7, 11) is -3.08. The molecule has 0 aliphatic carbocycles. The second-order valence-electron chi connectivity index (χ2n) is 2.75. The topological polar surface area (TPSA) is 52.6 Å². The Kier molecular flexibility index (Phi) is 4.05. The van der Waals surface area contributed by atoms with Crippen molar-refractivity contribution in [1.29, 1.82) is 0 Å². The van der Waals surface area contributed by atoms with Gasteiger partial charge in [0.1, 0.15) is 12.4 Å². The fourth-order valence-corrected chi connectivity index (χ4v) is 1.40. The van der Waals surface area contributed by atoms with Crippen LogP contribution in [0.1, 0.15) is 0 Å². The number of benzene rings is 1. The van der Waals surface area contributed by atoms with Crippen molar-refractivity contribution in [2.75, 3.05) is 20.3 Å². The highest BCUT2D eigenvalue weighted by Crippen LogP contribution is 2.17. The Hall–Kier alpha value is -1.14. The smallest absolute Gasteiger partial charge is 0.332 e. The molecular weight excluding hydrogens is 223 g/mol. The molecule has 0 bridgehead atoms. The van der Waals surface area contributed by atoms with Crippen LogP contribution in [0, 0.1) is 0 Å².